The first-order valence-corrected chi connectivity index (χ1v) is 9.31. The molecule has 1 aliphatic heterocycles. The number of aryl methyl sites for hydroxylation is 1. The van der Waals surface area contributed by atoms with E-state index in [9.17, 15) is 14.7 Å². The van der Waals surface area contributed by atoms with Gasteiger partial charge in [0.05, 0.1) is 11.0 Å². The van der Waals surface area contributed by atoms with E-state index in [-0.39, 0.29) is 5.91 Å². The first-order valence-electron chi connectivity index (χ1n) is 9.31. The molecule has 0 aromatic heterocycles. The highest BCUT2D eigenvalue weighted by Gasteiger charge is 2.50. The van der Waals surface area contributed by atoms with Crippen LogP contribution in [0.5, 0.6) is 0 Å². The van der Waals surface area contributed by atoms with Gasteiger partial charge in [0.15, 0.2) is 0 Å². The van der Waals surface area contributed by atoms with Crippen LogP contribution in [0.3, 0.4) is 0 Å². The molecule has 0 atom stereocenters. The summed E-state index contributed by atoms with van der Waals surface area (Å²) in [6.45, 7) is 3.69. The minimum atomic E-state index is -0.693. The Morgan fingerprint density at radius 2 is 1.70 bits per heavy atom. The zero-order valence-electron chi connectivity index (χ0n) is 15.6. The third-order valence-corrected chi connectivity index (χ3v) is 6.24. The molecule has 1 aliphatic carbocycles. The second-order valence-electron chi connectivity index (χ2n) is 8.19. The quantitative estimate of drug-likeness (QED) is 0.763. The minimum absolute atomic E-state index is 0.0203. The standard InChI is InChI=1S/C22H24N2O3/c1-13-3-4-14(11-16(13)19(23)25)15-5-6-17-18(12-15)24-20(26)22(17)9-7-21(2,27)8-10-22/h3-6,11-12,27H,7-10H2,1-2H3,(H2,23,25)(H,24,26). The summed E-state index contributed by atoms with van der Waals surface area (Å²) in [6.07, 6.45) is 2.52. The molecule has 1 saturated carbocycles. The van der Waals surface area contributed by atoms with Crippen molar-refractivity contribution in [2.24, 2.45) is 5.73 Å². The molecule has 2 aromatic carbocycles. The van der Waals surface area contributed by atoms with Gasteiger partial charge in [-0.25, -0.2) is 0 Å². The highest BCUT2D eigenvalue weighted by molar-refractivity contribution is 6.07. The number of primary amides is 1. The van der Waals surface area contributed by atoms with Crippen LogP contribution in [0, 0.1) is 6.92 Å². The molecular formula is C22H24N2O3. The molecule has 4 N–H and O–H groups in total. The molecule has 0 bridgehead atoms. The second-order valence-corrected chi connectivity index (χ2v) is 8.19. The normalized spacial score (nSPS) is 26.7. The number of amides is 2. The zero-order chi connectivity index (χ0) is 19.4. The minimum Gasteiger partial charge on any atom is -0.390 e. The van der Waals surface area contributed by atoms with E-state index in [1.807, 2.05) is 44.2 Å². The van der Waals surface area contributed by atoms with E-state index >= 15 is 0 Å². The lowest BCUT2D eigenvalue weighted by molar-refractivity contribution is -0.123. The molecule has 0 saturated heterocycles. The Labute approximate surface area is 158 Å². The summed E-state index contributed by atoms with van der Waals surface area (Å²) >= 11 is 0. The first-order chi connectivity index (χ1) is 12.7. The third-order valence-electron chi connectivity index (χ3n) is 6.24. The number of anilines is 1. The van der Waals surface area contributed by atoms with E-state index in [1.165, 1.54) is 0 Å². The lowest BCUT2D eigenvalue weighted by Gasteiger charge is -2.39. The van der Waals surface area contributed by atoms with Gasteiger partial charge in [0, 0.05) is 11.3 Å². The lowest BCUT2D eigenvalue weighted by atomic mass is 9.66. The van der Waals surface area contributed by atoms with Gasteiger partial charge in [-0.05, 0) is 73.9 Å². The third kappa shape index (κ3) is 2.82. The fourth-order valence-electron chi connectivity index (χ4n) is 4.39. The summed E-state index contributed by atoms with van der Waals surface area (Å²) < 4.78 is 0. The second kappa shape index (κ2) is 5.92. The first kappa shape index (κ1) is 17.7. The molecule has 1 spiro atoms. The Bertz CT molecular complexity index is 952. The summed E-state index contributed by atoms with van der Waals surface area (Å²) in [4.78, 5) is 24.4. The Balaban J connectivity index is 1.72. The van der Waals surface area contributed by atoms with Gasteiger partial charge in [0.1, 0.15) is 0 Å². The maximum atomic E-state index is 12.8. The molecule has 5 nitrogen and oxygen atoms in total. The number of nitrogens with two attached hydrogens (primary N) is 1. The number of aliphatic hydroxyl groups is 1. The van der Waals surface area contributed by atoms with Gasteiger partial charge in [-0.15, -0.1) is 0 Å². The van der Waals surface area contributed by atoms with Crippen molar-refractivity contribution < 1.29 is 14.7 Å². The van der Waals surface area contributed by atoms with Gasteiger partial charge >= 0.3 is 0 Å². The van der Waals surface area contributed by atoms with E-state index in [0.717, 1.165) is 27.9 Å². The van der Waals surface area contributed by atoms with Crippen LogP contribution in [0.15, 0.2) is 36.4 Å². The number of carbonyl (C=O) groups is 2. The van der Waals surface area contributed by atoms with Gasteiger partial charge < -0.3 is 16.2 Å². The van der Waals surface area contributed by atoms with E-state index in [2.05, 4.69) is 5.32 Å². The SMILES string of the molecule is Cc1ccc(-c2ccc3c(c2)NC(=O)C32CCC(C)(O)CC2)cc1C(N)=O. The van der Waals surface area contributed by atoms with Crippen LogP contribution in [0.2, 0.25) is 0 Å². The summed E-state index contributed by atoms with van der Waals surface area (Å²) in [5.74, 6) is -0.427. The van der Waals surface area contributed by atoms with Gasteiger partial charge in [-0.2, -0.15) is 0 Å². The van der Waals surface area contributed by atoms with Crippen LogP contribution in [0.1, 0.15) is 54.1 Å². The van der Waals surface area contributed by atoms with Gasteiger partial charge in [-0.1, -0.05) is 24.3 Å². The van der Waals surface area contributed by atoms with E-state index in [1.54, 1.807) is 6.07 Å². The maximum Gasteiger partial charge on any atom is 0.248 e. The van der Waals surface area contributed by atoms with Gasteiger partial charge in [0.25, 0.3) is 0 Å². The molecule has 1 heterocycles. The van der Waals surface area contributed by atoms with Crippen molar-refractivity contribution in [2.45, 2.75) is 50.5 Å². The predicted octanol–water partition coefficient (Wildman–Crippen LogP) is 3.28. The van der Waals surface area contributed by atoms with Crippen LogP contribution in [-0.2, 0) is 10.2 Å². The monoisotopic (exact) mass is 364 g/mol. The van der Waals surface area contributed by atoms with Gasteiger partial charge in [0.2, 0.25) is 11.8 Å². The summed E-state index contributed by atoms with van der Waals surface area (Å²) in [7, 11) is 0. The average molecular weight is 364 g/mol. The van der Waals surface area contributed by atoms with E-state index in [0.29, 0.717) is 31.2 Å². The molecule has 1 fully saturated rings. The number of hydrogen-bond donors (Lipinski definition) is 3. The number of fused-ring (bicyclic) bond motifs is 2. The molecule has 2 amide bonds. The van der Waals surface area contributed by atoms with E-state index in [4.69, 9.17) is 5.73 Å². The van der Waals surface area contributed by atoms with Crippen molar-refractivity contribution in [1.82, 2.24) is 0 Å². The number of carbonyl (C=O) groups excluding carboxylic acids is 2. The van der Waals surface area contributed by atoms with Crippen molar-refractivity contribution in [3.63, 3.8) is 0 Å². The Morgan fingerprint density at radius 3 is 2.37 bits per heavy atom. The molecule has 5 heteroatoms. The molecule has 0 unspecified atom stereocenters. The highest BCUT2D eigenvalue weighted by atomic mass is 16.3. The molecule has 2 aromatic rings. The number of hydrogen-bond acceptors (Lipinski definition) is 3. The topological polar surface area (TPSA) is 92.4 Å². The van der Waals surface area contributed by atoms with Gasteiger partial charge in [-0.3, -0.25) is 9.59 Å². The Hall–Kier alpha value is -2.66. The Kier molecular flexibility index (Phi) is 3.89. The van der Waals surface area contributed by atoms with Crippen molar-refractivity contribution in [1.29, 1.82) is 0 Å². The molecule has 27 heavy (non-hydrogen) atoms. The molecule has 2 aliphatic rings. The number of rotatable bonds is 2. The summed E-state index contributed by atoms with van der Waals surface area (Å²) in [5, 5.41) is 13.3. The number of nitrogens with one attached hydrogen (secondary N) is 1. The largest absolute Gasteiger partial charge is 0.390 e. The molecule has 140 valence electrons. The summed E-state index contributed by atoms with van der Waals surface area (Å²) in [6, 6.07) is 11.6. The zero-order valence-corrected chi connectivity index (χ0v) is 15.6. The van der Waals surface area contributed by atoms with Crippen molar-refractivity contribution in [3.8, 4) is 11.1 Å². The van der Waals surface area contributed by atoms with Crippen LogP contribution in [0.4, 0.5) is 5.69 Å². The lowest BCUT2D eigenvalue weighted by Crippen LogP contribution is -2.43. The Morgan fingerprint density at radius 1 is 1.07 bits per heavy atom. The summed E-state index contributed by atoms with van der Waals surface area (Å²) in [5.41, 5.74) is 9.22. The van der Waals surface area contributed by atoms with Crippen molar-refractivity contribution in [3.05, 3.63) is 53.1 Å². The molecule has 0 radical (unpaired) electrons. The molecule has 4 rings (SSSR count). The maximum absolute atomic E-state index is 12.8. The average Bonchev–Trinajstić information content (AvgIpc) is 2.89. The fraction of sp³-hybridized carbons (Fsp3) is 0.364. The van der Waals surface area contributed by atoms with Crippen LogP contribution in [-0.4, -0.2) is 22.5 Å². The van der Waals surface area contributed by atoms with E-state index < -0.39 is 16.9 Å². The smallest absolute Gasteiger partial charge is 0.248 e. The van der Waals surface area contributed by atoms with Crippen molar-refractivity contribution in [2.75, 3.05) is 5.32 Å². The van der Waals surface area contributed by atoms with Crippen molar-refractivity contribution >= 4 is 17.5 Å². The number of benzene rings is 2. The fourth-order valence-corrected chi connectivity index (χ4v) is 4.39. The van der Waals surface area contributed by atoms with Crippen LogP contribution < -0.4 is 11.1 Å². The highest BCUT2D eigenvalue weighted by Crippen LogP contribution is 2.50. The predicted molar refractivity (Wildman–Crippen MR) is 105 cm³/mol. The van der Waals surface area contributed by atoms with Crippen LogP contribution in [0.25, 0.3) is 11.1 Å². The van der Waals surface area contributed by atoms with Crippen LogP contribution >= 0.6 is 0 Å². The molecular weight excluding hydrogens is 340 g/mol.